The molecule has 2 rings (SSSR count). The van der Waals surface area contributed by atoms with E-state index in [1.165, 1.54) is 10.5 Å². The highest BCUT2D eigenvalue weighted by Crippen LogP contribution is 2.35. The van der Waals surface area contributed by atoms with E-state index in [4.69, 9.17) is 0 Å². The standard InChI is InChI=1S/C11H12BrN3S2/c1-7(13-2)9-4-3-8(12)5-10(9)17-11-15-14-6-16-11/h3-7,13H,1-2H3. The minimum atomic E-state index is 0.318. The van der Waals surface area contributed by atoms with Gasteiger partial charge >= 0.3 is 0 Å². The van der Waals surface area contributed by atoms with E-state index in [-0.39, 0.29) is 0 Å². The Labute approximate surface area is 117 Å². The Morgan fingerprint density at radius 1 is 1.47 bits per heavy atom. The molecule has 1 unspecified atom stereocenters. The molecule has 0 amide bonds. The first-order valence-corrected chi connectivity index (χ1v) is 7.60. The van der Waals surface area contributed by atoms with Crippen molar-refractivity contribution in [1.82, 2.24) is 15.5 Å². The molecule has 1 atom stereocenters. The van der Waals surface area contributed by atoms with Gasteiger partial charge in [-0.2, -0.15) is 0 Å². The lowest BCUT2D eigenvalue weighted by Crippen LogP contribution is -2.13. The molecule has 0 bridgehead atoms. The van der Waals surface area contributed by atoms with E-state index in [0.29, 0.717) is 6.04 Å². The number of aromatic nitrogens is 2. The van der Waals surface area contributed by atoms with E-state index >= 15 is 0 Å². The fraction of sp³-hybridized carbons (Fsp3) is 0.273. The maximum atomic E-state index is 4.06. The summed E-state index contributed by atoms with van der Waals surface area (Å²) in [5.74, 6) is 0. The summed E-state index contributed by atoms with van der Waals surface area (Å²) >= 11 is 6.72. The Balaban J connectivity index is 2.33. The minimum absolute atomic E-state index is 0.318. The zero-order valence-electron chi connectivity index (χ0n) is 9.48. The highest BCUT2D eigenvalue weighted by molar-refractivity contribution is 9.10. The summed E-state index contributed by atoms with van der Waals surface area (Å²) in [5, 5.41) is 11.2. The molecule has 0 radical (unpaired) electrons. The maximum absolute atomic E-state index is 4.06. The van der Waals surface area contributed by atoms with Gasteiger partial charge in [0.1, 0.15) is 5.51 Å². The summed E-state index contributed by atoms with van der Waals surface area (Å²) in [5.41, 5.74) is 3.03. The van der Waals surface area contributed by atoms with Gasteiger partial charge in [0, 0.05) is 15.4 Å². The van der Waals surface area contributed by atoms with Gasteiger partial charge in [0.15, 0.2) is 4.34 Å². The molecule has 2 aromatic rings. The molecule has 6 heteroatoms. The summed E-state index contributed by atoms with van der Waals surface area (Å²) in [4.78, 5) is 1.21. The highest BCUT2D eigenvalue weighted by atomic mass is 79.9. The van der Waals surface area contributed by atoms with Crippen LogP contribution in [0.5, 0.6) is 0 Å². The van der Waals surface area contributed by atoms with Crippen LogP contribution in [0.25, 0.3) is 0 Å². The summed E-state index contributed by atoms with van der Waals surface area (Å²) in [6.07, 6.45) is 0. The summed E-state index contributed by atoms with van der Waals surface area (Å²) in [6.45, 7) is 2.15. The number of benzene rings is 1. The van der Waals surface area contributed by atoms with Gasteiger partial charge in [0.2, 0.25) is 0 Å². The number of halogens is 1. The molecule has 0 aliphatic carbocycles. The molecular formula is C11H12BrN3S2. The van der Waals surface area contributed by atoms with Crippen molar-refractivity contribution in [2.45, 2.75) is 22.2 Å². The first-order chi connectivity index (χ1) is 8.20. The molecule has 0 saturated carbocycles. The minimum Gasteiger partial charge on any atom is -0.313 e. The second kappa shape index (κ2) is 5.95. The van der Waals surface area contributed by atoms with Crippen LogP contribution >= 0.6 is 39.0 Å². The lowest BCUT2D eigenvalue weighted by atomic mass is 10.1. The molecule has 1 aromatic carbocycles. The van der Waals surface area contributed by atoms with Crippen molar-refractivity contribution in [2.24, 2.45) is 0 Å². The largest absolute Gasteiger partial charge is 0.313 e. The summed E-state index contributed by atoms with van der Waals surface area (Å²) in [7, 11) is 1.96. The van der Waals surface area contributed by atoms with E-state index in [2.05, 4.69) is 56.6 Å². The predicted octanol–water partition coefficient (Wildman–Crippen LogP) is 3.73. The molecule has 90 valence electrons. The molecule has 3 nitrogen and oxygen atoms in total. The zero-order valence-corrected chi connectivity index (χ0v) is 12.7. The van der Waals surface area contributed by atoms with Crippen LogP contribution in [0.1, 0.15) is 18.5 Å². The second-order valence-electron chi connectivity index (χ2n) is 3.50. The van der Waals surface area contributed by atoms with Gasteiger partial charge in [0.25, 0.3) is 0 Å². The van der Waals surface area contributed by atoms with Crippen LogP contribution in [0.3, 0.4) is 0 Å². The number of nitrogens with one attached hydrogen (secondary N) is 1. The highest BCUT2D eigenvalue weighted by Gasteiger charge is 2.12. The molecule has 0 fully saturated rings. The van der Waals surface area contributed by atoms with Gasteiger partial charge < -0.3 is 5.32 Å². The van der Waals surface area contributed by atoms with Crippen molar-refractivity contribution in [1.29, 1.82) is 0 Å². The third-order valence-corrected chi connectivity index (χ3v) is 4.76. The second-order valence-corrected chi connectivity index (χ2v) is 6.54. The van der Waals surface area contributed by atoms with Gasteiger partial charge in [-0.05, 0) is 31.7 Å². The number of nitrogens with zero attached hydrogens (tertiary/aromatic N) is 2. The van der Waals surface area contributed by atoms with Gasteiger partial charge in [-0.1, -0.05) is 45.1 Å². The normalized spacial score (nSPS) is 12.6. The van der Waals surface area contributed by atoms with Crippen LogP contribution < -0.4 is 5.32 Å². The molecule has 0 spiro atoms. The van der Waals surface area contributed by atoms with Gasteiger partial charge in [-0.25, -0.2) is 0 Å². The molecule has 0 saturated heterocycles. The Bertz CT molecular complexity index is 487. The van der Waals surface area contributed by atoms with E-state index in [0.717, 1.165) is 8.81 Å². The van der Waals surface area contributed by atoms with E-state index in [9.17, 15) is 0 Å². The molecule has 1 heterocycles. The van der Waals surface area contributed by atoms with Gasteiger partial charge in [-0.15, -0.1) is 10.2 Å². The Kier molecular flexibility index (Phi) is 4.55. The van der Waals surface area contributed by atoms with E-state index in [1.54, 1.807) is 28.6 Å². The van der Waals surface area contributed by atoms with Gasteiger partial charge in [0.05, 0.1) is 0 Å². The fourth-order valence-corrected chi connectivity index (χ4v) is 3.62. The number of hydrogen-bond acceptors (Lipinski definition) is 5. The quantitative estimate of drug-likeness (QED) is 0.927. The van der Waals surface area contributed by atoms with Crippen molar-refractivity contribution < 1.29 is 0 Å². The maximum Gasteiger partial charge on any atom is 0.178 e. The lowest BCUT2D eigenvalue weighted by Gasteiger charge is -2.15. The van der Waals surface area contributed by atoms with E-state index in [1.807, 2.05) is 7.05 Å². The van der Waals surface area contributed by atoms with Crippen molar-refractivity contribution in [3.8, 4) is 0 Å². The molecular weight excluding hydrogens is 318 g/mol. The van der Waals surface area contributed by atoms with Crippen LogP contribution in [-0.2, 0) is 0 Å². The molecule has 0 aliphatic heterocycles. The monoisotopic (exact) mass is 329 g/mol. The van der Waals surface area contributed by atoms with Crippen LogP contribution in [0, 0.1) is 0 Å². The average molecular weight is 330 g/mol. The van der Waals surface area contributed by atoms with Crippen LogP contribution in [0.2, 0.25) is 0 Å². The van der Waals surface area contributed by atoms with Crippen molar-refractivity contribution in [3.63, 3.8) is 0 Å². The first-order valence-electron chi connectivity index (χ1n) is 5.11. The van der Waals surface area contributed by atoms with Crippen LogP contribution in [0.4, 0.5) is 0 Å². The average Bonchev–Trinajstić information content (AvgIpc) is 2.81. The fourth-order valence-electron chi connectivity index (χ4n) is 1.41. The summed E-state index contributed by atoms with van der Waals surface area (Å²) in [6, 6.07) is 6.63. The van der Waals surface area contributed by atoms with Gasteiger partial charge in [-0.3, -0.25) is 0 Å². The van der Waals surface area contributed by atoms with Crippen LogP contribution in [0.15, 0.2) is 37.4 Å². The third kappa shape index (κ3) is 3.28. The smallest absolute Gasteiger partial charge is 0.178 e. The number of rotatable bonds is 4. The Morgan fingerprint density at radius 3 is 2.94 bits per heavy atom. The van der Waals surface area contributed by atoms with E-state index < -0.39 is 0 Å². The topological polar surface area (TPSA) is 37.8 Å². The Morgan fingerprint density at radius 2 is 2.29 bits per heavy atom. The molecule has 1 aromatic heterocycles. The van der Waals surface area contributed by atoms with Crippen molar-refractivity contribution in [3.05, 3.63) is 33.7 Å². The lowest BCUT2D eigenvalue weighted by molar-refractivity contribution is 0.641. The third-order valence-electron chi connectivity index (χ3n) is 2.41. The van der Waals surface area contributed by atoms with Crippen LogP contribution in [-0.4, -0.2) is 17.2 Å². The predicted molar refractivity (Wildman–Crippen MR) is 75.6 cm³/mol. The molecule has 0 aliphatic rings. The molecule has 17 heavy (non-hydrogen) atoms. The number of hydrogen-bond donors (Lipinski definition) is 1. The molecule has 1 N–H and O–H groups in total. The SMILES string of the molecule is CNC(C)c1ccc(Br)cc1Sc1nncs1. The Hall–Kier alpha value is -0.430. The first kappa shape index (κ1) is 13.0. The van der Waals surface area contributed by atoms with Crippen molar-refractivity contribution in [2.75, 3.05) is 7.05 Å². The summed E-state index contributed by atoms with van der Waals surface area (Å²) < 4.78 is 2.05. The zero-order chi connectivity index (χ0) is 12.3. The van der Waals surface area contributed by atoms with Crippen molar-refractivity contribution >= 4 is 39.0 Å².